The third kappa shape index (κ3) is 17.0. The Hall–Kier alpha value is -1.32. The smallest absolute Gasteiger partial charge is 0.305 e. The standard InChI is InChI=1S/C20H36O4/c1-4-5-12-16-23-19(21)13-10-8-6-7-9-11-14-20(22)24-17-15-18(2)3/h2,4-17H2,1,3H3. The van der Waals surface area contributed by atoms with Gasteiger partial charge in [0.05, 0.1) is 13.2 Å². The number of rotatable bonds is 16. The highest BCUT2D eigenvalue weighted by Gasteiger charge is 2.04. The van der Waals surface area contributed by atoms with E-state index in [4.69, 9.17) is 9.47 Å². The van der Waals surface area contributed by atoms with Gasteiger partial charge in [0.15, 0.2) is 0 Å². The number of esters is 2. The van der Waals surface area contributed by atoms with Crippen molar-refractivity contribution in [2.45, 2.75) is 90.9 Å². The van der Waals surface area contributed by atoms with Crippen molar-refractivity contribution in [1.29, 1.82) is 0 Å². The zero-order valence-corrected chi connectivity index (χ0v) is 15.7. The van der Waals surface area contributed by atoms with Crippen LogP contribution in [0.15, 0.2) is 12.2 Å². The lowest BCUT2D eigenvalue weighted by atomic mass is 10.1. The molecule has 0 fully saturated rings. The second-order valence-electron chi connectivity index (χ2n) is 6.48. The van der Waals surface area contributed by atoms with Crippen LogP contribution in [0.5, 0.6) is 0 Å². The third-order valence-electron chi connectivity index (χ3n) is 3.81. The molecule has 0 saturated carbocycles. The Morgan fingerprint density at radius 3 is 1.71 bits per heavy atom. The molecule has 0 aliphatic carbocycles. The van der Waals surface area contributed by atoms with Gasteiger partial charge in [-0.15, -0.1) is 6.58 Å². The summed E-state index contributed by atoms with van der Waals surface area (Å²) in [5.74, 6) is -0.175. The predicted octanol–water partition coefficient (Wildman–Crippen LogP) is 5.35. The van der Waals surface area contributed by atoms with Crippen molar-refractivity contribution in [3.63, 3.8) is 0 Å². The van der Waals surface area contributed by atoms with Gasteiger partial charge in [-0.2, -0.15) is 0 Å². The molecule has 0 unspecified atom stereocenters. The zero-order valence-electron chi connectivity index (χ0n) is 15.7. The molecular formula is C20H36O4. The van der Waals surface area contributed by atoms with Gasteiger partial charge in [-0.05, 0) is 26.2 Å². The molecule has 0 aromatic rings. The minimum Gasteiger partial charge on any atom is -0.466 e. The highest BCUT2D eigenvalue weighted by Crippen LogP contribution is 2.10. The summed E-state index contributed by atoms with van der Waals surface area (Å²) in [5, 5.41) is 0. The van der Waals surface area contributed by atoms with Crippen LogP contribution in [0.2, 0.25) is 0 Å². The quantitative estimate of drug-likeness (QED) is 0.216. The zero-order chi connectivity index (χ0) is 18.0. The highest BCUT2D eigenvalue weighted by molar-refractivity contribution is 5.69. The fourth-order valence-electron chi connectivity index (χ4n) is 2.27. The van der Waals surface area contributed by atoms with Crippen LogP contribution in [0.25, 0.3) is 0 Å². The van der Waals surface area contributed by atoms with Gasteiger partial charge in [-0.1, -0.05) is 51.0 Å². The highest BCUT2D eigenvalue weighted by atomic mass is 16.5. The Balaban J connectivity index is 3.28. The number of carbonyl (C=O) groups excluding carboxylic acids is 2. The minimum absolute atomic E-state index is 0.0661. The first-order valence-electron chi connectivity index (χ1n) is 9.52. The fourth-order valence-corrected chi connectivity index (χ4v) is 2.27. The molecule has 4 heteroatoms. The van der Waals surface area contributed by atoms with Gasteiger partial charge in [0.2, 0.25) is 0 Å². The van der Waals surface area contributed by atoms with E-state index in [0.29, 0.717) is 26.1 Å². The lowest BCUT2D eigenvalue weighted by molar-refractivity contribution is -0.144. The first kappa shape index (κ1) is 22.7. The van der Waals surface area contributed by atoms with E-state index in [-0.39, 0.29) is 11.9 Å². The summed E-state index contributed by atoms with van der Waals surface area (Å²) >= 11 is 0. The summed E-state index contributed by atoms with van der Waals surface area (Å²) in [7, 11) is 0. The molecule has 0 N–H and O–H groups in total. The summed E-state index contributed by atoms with van der Waals surface area (Å²) < 4.78 is 10.3. The molecule has 0 bridgehead atoms. The molecule has 0 aliphatic rings. The summed E-state index contributed by atoms with van der Waals surface area (Å²) in [6, 6.07) is 0. The largest absolute Gasteiger partial charge is 0.466 e. The SMILES string of the molecule is C=C(C)CCOC(=O)CCCCCCCCC(=O)OCCCCC. The molecular weight excluding hydrogens is 304 g/mol. The van der Waals surface area contributed by atoms with Gasteiger partial charge >= 0.3 is 11.9 Å². The average Bonchev–Trinajstić information content (AvgIpc) is 2.53. The van der Waals surface area contributed by atoms with Crippen molar-refractivity contribution < 1.29 is 19.1 Å². The van der Waals surface area contributed by atoms with E-state index in [2.05, 4.69) is 13.5 Å². The van der Waals surface area contributed by atoms with Gasteiger partial charge in [-0.25, -0.2) is 0 Å². The number of unbranched alkanes of at least 4 members (excludes halogenated alkanes) is 7. The van der Waals surface area contributed by atoms with E-state index in [0.717, 1.165) is 69.8 Å². The molecule has 0 rings (SSSR count). The fraction of sp³-hybridized carbons (Fsp3) is 0.800. The van der Waals surface area contributed by atoms with E-state index in [1.165, 1.54) is 0 Å². The molecule has 0 heterocycles. The maximum atomic E-state index is 11.5. The van der Waals surface area contributed by atoms with E-state index in [1.807, 2.05) is 6.92 Å². The van der Waals surface area contributed by atoms with E-state index in [1.54, 1.807) is 0 Å². The average molecular weight is 341 g/mol. The molecule has 24 heavy (non-hydrogen) atoms. The molecule has 140 valence electrons. The van der Waals surface area contributed by atoms with Crippen LogP contribution in [0, 0.1) is 0 Å². The Morgan fingerprint density at radius 1 is 0.708 bits per heavy atom. The second kappa shape index (κ2) is 16.5. The van der Waals surface area contributed by atoms with Crippen molar-refractivity contribution in [2.24, 2.45) is 0 Å². The Morgan fingerprint density at radius 2 is 1.21 bits per heavy atom. The first-order chi connectivity index (χ1) is 11.6. The summed E-state index contributed by atoms with van der Waals surface area (Å²) in [5.41, 5.74) is 1.03. The third-order valence-corrected chi connectivity index (χ3v) is 3.81. The van der Waals surface area contributed by atoms with Crippen molar-refractivity contribution in [3.05, 3.63) is 12.2 Å². The van der Waals surface area contributed by atoms with Crippen LogP contribution in [0.3, 0.4) is 0 Å². The number of hydrogen-bond donors (Lipinski definition) is 0. The van der Waals surface area contributed by atoms with Gasteiger partial charge in [0.25, 0.3) is 0 Å². The number of hydrogen-bond acceptors (Lipinski definition) is 4. The van der Waals surface area contributed by atoms with Crippen LogP contribution in [0.1, 0.15) is 90.9 Å². The summed E-state index contributed by atoms with van der Waals surface area (Å²) in [4.78, 5) is 22.9. The normalized spacial score (nSPS) is 10.4. The number of ether oxygens (including phenoxy) is 2. The molecule has 0 amide bonds. The van der Waals surface area contributed by atoms with Crippen molar-refractivity contribution in [1.82, 2.24) is 0 Å². The predicted molar refractivity (Wildman–Crippen MR) is 97.8 cm³/mol. The van der Waals surface area contributed by atoms with Crippen LogP contribution in [-0.4, -0.2) is 25.2 Å². The topological polar surface area (TPSA) is 52.6 Å². The molecule has 0 spiro atoms. The monoisotopic (exact) mass is 340 g/mol. The molecule has 0 atom stereocenters. The number of carbonyl (C=O) groups is 2. The van der Waals surface area contributed by atoms with Crippen LogP contribution >= 0.6 is 0 Å². The Kier molecular flexibility index (Phi) is 15.6. The van der Waals surface area contributed by atoms with E-state index < -0.39 is 0 Å². The molecule has 0 aromatic carbocycles. The molecule has 0 aromatic heterocycles. The lowest BCUT2D eigenvalue weighted by Crippen LogP contribution is -2.06. The minimum atomic E-state index is -0.109. The van der Waals surface area contributed by atoms with Crippen molar-refractivity contribution >= 4 is 11.9 Å². The van der Waals surface area contributed by atoms with Gasteiger partial charge in [0.1, 0.15) is 0 Å². The van der Waals surface area contributed by atoms with Crippen LogP contribution in [-0.2, 0) is 19.1 Å². The maximum Gasteiger partial charge on any atom is 0.305 e. The van der Waals surface area contributed by atoms with Gasteiger partial charge in [0, 0.05) is 19.3 Å². The summed E-state index contributed by atoms with van der Waals surface area (Å²) in [6.45, 7) is 8.85. The van der Waals surface area contributed by atoms with E-state index >= 15 is 0 Å². The van der Waals surface area contributed by atoms with Crippen LogP contribution < -0.4 is 0 Å². The summed E-state index contributed by atoms with van der Waals surface area (Å²) in [6.07, 6.45) is 11.1. The first-order valence-corrected chi connectivity index (χ1v) is 9.52. The van der Waals surface area contributed by atoms with Gasteiger partial charge in [-0.3, -0.25) is 9.59 Å². The lowest BCUT2D eigenvalue weighted by Gasteiger charge is -2.05. The Labute approximate surface area is 148 Å². The van der Waals surface area contributed by atoms with Gasteiger partial charge < -0.3 is 9.47 Å². The maximum absolute atomic E-state index is 11.5. The van der Waals surface area contributed by atoms with Crippen LogP contribution in [0.4, 0.5) is 0 Å². The molecule has 0 saturated heterocycles. The molecule has 4 nitrogen and oxygen atoms in total. The molecule has 0 radical (unpaired) electrons. The van der Waals surface area contributed by atoms with E-state index in [9.17, 15) is 9.59 Å². The Bertz CT molecular complexity index is 350. The van der Waals surface area contributed by atoms with Crippen molar-refractivity contribution in [2.75, 3.05) is 13.2 Å². The van der Waals surface area contributed by atoms with Crippen molar-refractivity contribution in [3.8, 4) is 0 Å². The molecule has 0 aliphatic heterocycles. The second-order valence-corrected chi connectivity index (χ2v) is 6.48.